The van der Waals surface area contributed by atoms with Crippen LogP contribution in [-0.4, -0.2) is 28.9 Å². The van der Waals surface area contributed by atoms with Gasteiger partial charge in [0.2, 0.25) is 0 Å². The first-order valence-corrected chi connectivity index (χ1v) is 8.71. The minimum absolute atomic E-state index is 0.0350. The van der Waals surface area contributed by atoms with Crippen LogP contribution in [0.3, 0.4) is 0 Å². The van der Waals surface area contributed by atoms with Crippen LogP contribution >= 0.6 is 15.9 Å². The number of nitrogens with one attached hydrogen (secondary N) is 1. The van der Waals surface area contributed by atoms with Crippen molar-refractivity contribution in [3.8, 4) is 0 Å². The highest BCUT2D eigenvalue weighted by molar-refractivity contribution is 9.10. The van der Waals surface area contributed by atoms with Crippen LogP contribution in [0, 0.1) is 6.92 Å². The van der Waals surface area contributed by atoms with Gasteiger partial charge in [-0.3, -0.25) is 4.79 Å². The summed E-state index contributed by atoms with van der Waals surface area (Å²) >= 11 is 3.55. The second-order valence-electron chi connectivity index (χ2n) is 5.89. The predicted molar refractivity (Wildman–Crippen MR) is 96.2 cm³/mol. The van der Waals surface area contributed by atoms with E-state index in [0.29, 0.717) is 5.69 Å². The van der Waals surface area contributed by atoms with Crippen LogP contribution in [-0.2, 0) is 0 Å². The lowest BCUT2D eigenvalue weighted by Gasteiger charge is -2.26. The van der Waals surface area contributed by atoms with Gasteiger partial charge in [-0.25, -0.2) is 4.98 Å². The van der Waals surface area contributed by atoms with Crippen molar-refractivity contribution >= 4 is 33.2 Å². The Labute approximate surface area is 145 Å². The van der Waals surface area contributed by atoms with Gasteiger partial charge in [0.05, 0.1) is 17.6 Å². The topological polar surface area (TPSA) is 45.2 Å². The molecule has 2 aromatic rings. The third-order valence-electron chi connectivity index (χ3n) is 4.03. The van der Waals surface area contributed by atoms with Gasteiger partial charge in [-0.05, 0) is 71.9 Å². The van der Waals surface area contributed by atoms with Gasteiger partial charge in [0.1, 0.15) is 5.69 Å². The molecule has 3 rings (SSSR count). The lowest BCUT2D eigenvalue weighted by Crippen LogP contribution is -2.36. The number of rotatable bonds is 3. The number of nitrogens with zero attached hydrogens (tertiary/aromatic N) is 2. The predicted octanol–water partition coefficient (Wildman–Crippen LogP) is 4.52. The number of aromatic nitrogens is 1. The van der Waals surface area contributed by atoms with Gasteiger partial charge in [-0.2, -0.15) is 0 Å². The first-order chi connectivity index (χ1) is 11.1. The van der Waals surface area contributed by atoms with E-state index in [9.17, 15) is 4.79 Å². The van der Waals surface area contributed by atoms with Crippen molar-refractivity contribution in [1.82, 2.24) is 9.88 Å². The van der Waals surface area contributed by atoms with Gasteiger partial charge >= 0.3 is 0 Å². The van der Waals surface area contributed by atoms with Crippen LogP contribution in [0.2, 0.25) is 0 Å². The molecule has 1 amide bonds. The third-order valence-corrected chi connectivity index (χ3v) is 4.69. The number of anilines is 2. The summed E-state index contributed by atoms with van der Waals surface area (Å²) in [6.07, 6.45) is 5.11. The van der Waals surface area contributed by atoms with Gasteiger partial charge in [-0.15, -0.1) is 0 Å². The fraction of sp³-hybridized carbons (Fsp3) is 0.333. The average molecular weight is 374 g/mol. The molecule has 1 N–H and O–H groups in total. The molecule has 1 fully saturated rings. The quantitative estimate of drug-likeness (QED) is 0.859. The number of halogens is 1. The second kappa shape index (κ2) is 7.13. The van der Waals surface area contributed by atoms with E-state index in [1.165, 1.54) is 12.0 Å². The Morgan fingerprint density at radius 3 is 2.61 bits per heavy atom. The summed E-state index contributed by atoms with van der Waals surface area (Å²) in [6.45, 7) is 3.74. The van der Waals surface area contributed by atoms with Crippen LogP contribution in [0.4, 0.5) is 11.4 Å². The van der Waals surface area contributed by atoms with Crippen molar-refractivity contribution in [3.63, 3.8) is 0 Å². The summed E-state index contributed by atoms with van der Waals surface area (Å²) in [6, 6.07) is 9.82. The molecule has 1 saturated heterocycles. The van der Waals surface area contributed by atoms with E-state index in [1.54, 1.807) is 12.3 Å². The van der Waals surface area contributed by atoms with E-state index in [1.807, 2.05) is 17.0 Å². The number of likely N-dealkylation sites (tertiary alicyclic amines) is 1. The molecule has 120 valence electrons. The Morgan fingerprint density at radius 1 is 1.17 bits per heavy atom. The Morgan fingerprint density at radius 2 is 1.96 bits per heavy atom. The first-order valence-electron chi connectivity index (χ1n) is 7.92. The van der Waals surface area contributed by atoms with Crippen LogP contribution in [0.1, 0.15) is 35.3 Å². The highest BCUT2D eigenvalue weighted by Gasteiger charge is 2.18. The molecule has 1 aromatic carbocycles. The molecule has 0 saturated carbocycles. The van der Waals surface area contributed by atoms with Gasteiger partial charge in [0.15, 0.2) is 0 Å². The summed E-state index contributed by atoms with van der Waals surface area (Å²) in [5, 5.41) is 3.31. The van der Waals surface area contributed by atoms with Gasteiger partial charge in [-0.1, -0.05) is 6.07 Å². The highest BCUT2D eigenvalue weighted by atomic mass is 79.9. The van der Waals surface area contributed by atoms with Crippen molar-refractivity contribution in [2.45, 2.75) is 26.2 Å². The van der Waals surface area contributed by atoms with Crippen molar-refractivity contribution in [2.75, 3.05) is 18.4 Å². The molecule has 1 aliphatic rings. The number of aryl methyl sites for hydroxylation is 1. The summed E-state index contributed by atoms with van der Waals surface area (Å²) in [5.74, 6) is 0.0350. The molecular weight excluding hydrogens is 354 g/mol. The minimum atomic E-state index is 0.0350. The SMILES string of the molecule is Cc1ccc(Nc2ccc(C(=O)N3CCCCC3)nc2)c(Br)c1. The molecule has 0 aliphatic carbocycles. The molecule has 0 radical (unpaired) electrons. The van der Waals surface area contributed by atoms with Gasteiger partial charge in [0.25, 0.3) is 5.91 Å². The average Bonchev–Trinajstić information content (AvgIpc) is 2.58. The Bertz CT molecular complexity index is 694. The molecule has 1 aliphatic heterocycles. The molecule has 0 bridgehead atoms. The summed E-state index contributed by atoms with van der Waals surface area (Å²) < 4.78 is 1.01. The van der Waals surface area contributed by atoms with E-state index >= 15 is 0 Å². The second-order valence-corrected chi connectivity index (χ2v) is 6.75. The molecule has 23 heavy (non-hydrogen) atoms. The number of pyridine rings is 1. The number of piperidine rings is 1. The first kappa shape index (κ1) is 16.0. The van der Waals surface area contributed by atoms with E-state index in [0.717, 1.165) is 41.8 Å². The van der Waals surface area contributed by atoms with Crippen molar-refractivity contribution in [1.29, 1.82) is 0 Å². The summed E-state index contributed by atoms with van der Waals surface area (Å²) in [4.78, 5) is 18.6. The Kier molecular flexibility index (Phi) is 4.96. The third kappa shape index (κ3) is 3.91. The van der Waals surface area contributed by atoms with E-state index in [4.69, 9.17) is 0 Å². The lowest BCUT2D eigenvalue weighted by molar-refractivity contribution is 0.0718. The fourth-order valence-electron chi connectivity index (χ4n) is 2.73. The molecule has 5 heteroatoms. The molecule has 0 unspecified atom stereocenters. The van der Waals surface area contributed by atoms with Crippen LogP contribution < -0.4 is 5.32 Å². The van der Waals surface area contributed by atoms with E-state index in [-0.39, 0.29) is 5.91 Å². The maximum absolute atomic E-state index is 12.4. The number of hydrogen-bond donors (Lipinski definition) is 1. The van der Waals surface area contributed by atoms with Crippen molar-refractivity contribution < 1.29 is 4.79 Å². The largest absolute Gasteiger partial charge is 0.353 e. The number of amides is 1. The van der Waals surface area contributed by atoms with Gasteiger partial charge in [0, 0.05) is 17.6 Å². The number of benzene rings is 1. The van der Waals surface area contributed by atoms with Crippen molar-refractivity contribution in [2.24, 2.45) is 0 Å². The molecule has 0 spiro atoms. The maximum Gasteiger partial charge on any atom is 0.272 e. The van der Waals surface area contributed by atoms with E-state index in [2.05, 4.69) is 45.3 Å². The molecule has 0 atom stereocenters. The molecule has 1 aromatic heterocycles. The number of carbonyl (C=O) groups excluding carboxylic acids is 1. The monoisotopic (exact) mass is 373 g/mol. The molecular formula is C18H20BrN3O. The zero-order valence-corrected chi connectivity index (χ0v) is 14.8. The zero-order chi connectivity index (χ0) is 16.2. The lowest BCUT2D eigenvalue weighted by atomic mass is 10.1. The maximum atomic E-state index is 12.4. The van der Waals surface area contributed by atoms with Crippen molar-refractivity contribution in [3.05, 3.63) is 52.3 Å². The van der Waals surface area contributed by atoms with Crippen LogP contribution in [0.15, 0.2) is 41.0 Å². The zero-order valence-electron chi connectivity index (χ0n) is 13.2. The van der Waals surface area contributed by atoms with Gasteiger partial charge < -0.3 is 10.2 Å². The Balaban J connectivity index is 1.70. The summed E-state index contributed by atoms with van der Waals surface area (Å²) in [5.41, 5.74) is 3.56. The van der Waals surface area contributed by atoms with Crippen LogP contribution in [0.25, 0.3) is 0 Å². The summed E-state index contributed by atoms with van der Waals surface area (Å²) in [7, 11) is 0. The Hall–Kier alpha value is -1.88. The highest BCUT2D eigenvalue weighted by Crippen LogP contribution is 2.26. The van der Waals surface area contributed by atoms with E-state index < -0.39 is 0 Å². The fourth-order valence-corrected chi connectivity index (χ4v) is 3.32. The van der Waals surface area contributed by atoms with Crippen LogP contribution in [0.5, 0.6) is 0 Å². The number of hydrogen-bond acceptors (Lipinski definition) is 3. The standard InChI is InChI=1S/C18H20BrN3O/c1-13-5-7-16(15(19)11-13)21-14-6-8-17(20-12-14)18(23)22-9-3-2-4-10-22/h5-8,11-12,21H,2-4,9-10H2,1H3. The molecule has 2 heterocycles. The minimum Gasteiger partial charge on any atom is -0.353 e. The number of carbonyl (C=O) groups is 1. The molecule has 4 nitrogen and oxygen atoms in total. The normalized spacial score (nSPS) is 14.6. The smallest absolute Gasteiger partial charge is 0.272 e.